The van der Waals surface area contributed by atoms with Crippen LogP contribution < -0.4 is 0 Å². The maximum atomic E-state index is 12.2. The third-order valence-corrected chi connectivity index (χ3v) is 3.38. The van der Waals surface area contributed by atoms with Gasteiger partial charge in [-0.25, -0.2) is 0 Å². The Kier molecular flexibility index (Phi) is 5.19. The first-order valence-electron chi connectivity index (χ1n) is 6.73. The van der Waals surface area contributed by atoms with Gasteiger partial charge in [-0.15, -0.1) is 0 Å². The minimum atomic E-state index is -0.383. The van der Waals surface area contributed by atoms with Crippen molar-refractivity contribution in [2.75, 3.05) is 0 Å². The van der Waals surface area contributed by atoms with Gasteiger partial charge in [0, 0.05) is 17.5 Å². The van der Waals surface area contributed by atoms with Gasteiger partial charge in [0.25, 0.3) is 0 Å². The highest BCUT2D eigenvalue weighted by Crippen LogP contribution is 2.39. The Hall–Kier alpha value is -1.97. The molecule has 0 aliphatic heterocycles. The largest absolute Gasteiger partial charge is 0.507 e. The molecule has 1 aromatic carbocycles. The number of carbonyl (C=O) groups excluding carboxylic acids is 1. The second-order valence-corrected chi connectivity index (χ2v) is 5.28. The average Bonchev–Trinajstić information content (AvgIpc) is 2.36. The van der Waals surface area contributed by atoms with E-state index in [2.05, 4.69) is 0 Å². The van der Waals surface area contributed by atoms with Crippen LogP contribution in [-0.4, -0.2) is 21.1 Å². The average molecular weight is 278 g/mol. The van der Waals surface area contributed by atoms with Gasteiger partial charge in [0.2, 0.25) is 0 Å². The molecule has 4 nitrogen and oxygen atoms in total. The predicted octanol–water partition coefficient (Wildman–Crippen LogP) is 3.54. The van der Waals surface area contributed by atoms with Gasteiger partial charge in [-0.05, 0) is 26.7 Å². The van der Waals surface area contributed by atoms with Gasteiger partial charge in [-0.1, -0.05) is 25.5 Å². The number of phenolic OH excluding ortho intramolecular Hbond substituents is 3. The lowest BCUT2D eigenvalue weighted by atomic mass is 9.93. The lowest BCUT2D eigenvalue weighted by Crippen LogP contribution is -2.11. The van der Waals surface area contributed by atoms with Gasteiger partial charge in [0.15, 0.2) is 5.78 Å². The third kappa shape index (κ3) is 3.32. The Morgan fingerprint density at radius 2 is 1.85 bits per heavy atom. The van der Waals surface area contributed by atoms with Crippen LogP contribution in [0.25, 0.3) is 0 Å². The summed E-state index contributed by atoms with van der Waals surface area (Å²) in [4.78, 5) is 12.2. The molecule has 110 valence electrons. The first-order valence-corrected chi connectivity index (χ1v) is 6.73. The summed E-state index contributed by atoms with van der Waals surface area (Å²) in [6.07, 6.45) is 2.76. The van der Waals surface area contributed by atoms with Crippen LogP contribution >= 0.6 is 0 Å². The summed E-state index contributed by atoms with van der Waals surface area (Å²) in [5.41, 5.74) is 1.19. The zero-order valence-electron chi connectivity index (χ0n) is 12.4. The fraction of sp³-hybridized carbons (Fsp3) is 0.438. The molecule has 0 spiro atoms. The highest BCUT2D eigenvalue weighted by Gasteiger charge is 2.25. The first kappa shape index (κ1) is 16.1. The molecule has 1 aromatic rings. The lowest BCUT2D eigenvalue weighted by molar-refractivity contribution is 0.0921. The van der Waals surface area contributed by atoms with E-state index in [-0.39, 0.29) is 40.1 Å². The van der Waals surface area contributed by atoms with E-state index in [0.717, 1.165) is 11.6 Å². The summed E-state index contributed by atoms with van der Waals surface area (Å²) < 4.78 is 0. The van der Waals surface area contributed by atoms with Crippen LogP contribution in [0, 0.1) is 5.92 Å². The van der Waals surface area contributed by atoms with Gasteiger partial charge in [0.1, 0.15) is 22.8 Å². The highest BCUT2D eigenvalue weighted by molar-refractivity contribution is 6.03. The number of rotatable bonds is 5. The quantitative estimate of drug-likeness (QED) is 0.568. The molecule has 4 heteroatoms. The van der Waals surface area contributed by atoms with E-state index in [1.807, 2.05) is 26.8 Å². The van der Waals surface area contributed by atoms with E-state index < -0.39 is 0 Å². The van der Waals surface area contributed by atoms with E-state index in [0.29, 0.717) is 12.8 Å². The molecule has 0 radical (unpaired) electrons. The van der Waals surface area contributed by atoms with Crippen molar-refractivity contribution in [2.45, 2.75) is 40.5 Å². The summed E-state index contributed by atoms with van der Waals surface area (Å²) in [7, 11) is 0. The Labute approximate surface area is 119 Å². The Bertz CT molecular complexity index is 540. The van der Waals surface area contributed by atoms with E-state index in [1.165, 1.54) is 0 Å². The van der Waals surface area contributed by atoms with Gasteiger partial charge >= 0.3 is 0 Å². The standard InChI is InChI=1S/C16H22O4/c1-5-10(4)15(19)14-13(18)8-12(17)11(16(14)20)7-6-9(2)3/h6,8,10,17-18,20H,5,7H2,1-4H3. The van der Waals surface area contributed by atoms with E-state index >= 15 is 0 Å². The molecule has 1 rings (SSSR count). The number of carbonyl (C=O) groups is 1. The number of hydrogen-bond acceptors (Lipinski definition) is 4. The van der Waals surface area contributed by atoms with E-state index in [4.69, 9.17) is 0 Å². The normalized spacial score (nSPS) is 12.0. The van der Waals surface area contributed by atoms with E-state index in [1.54, 1.807) is 6.92 Å². The molecule has 0 fully saturated rings. The Morgan fingerprint density at radius 3 is 2.35 bits per heavy atom. The molecular weight excluding hydrogens is 256 g/mol. The van der Waals surface area contributed by atoms with Crippen molar-refractivity contribution in [1.82, 2.24) is 0 Å². The number of hydrogen-bond donors (Lipinski definition) is 3. The van der Waals surface area contributed by atoms with Crippen molar-refractivity contribution < 1.29 is 20.1 Å². The molecule has 1 atom stereocenters. The number of aromatic hydroxyl groups is 3. The molecule has 0 aliphatic rings. The molecule has 0 aromatic heterocycles. The van der Waals surface area contributed by atoms with Crippen molar-refractivity contribution in [2.24, 2.45) is 5.92 Å². The van der Waals surface area contributed by atoms with Gasteiger partial charge in [-0.3, -0.25) is 4.79 Å². The minimum Gasteiger partial charge on any atom is -0.507 e. The Morgan fingerprint density at radius 1 is 1.25 bits per heavy atom. The smallest absolute Gasteiger partial charge is 0.173 e. The van der Waals surface area contributed by atoms with Crippen LogP contribution in [0.3, 0.4) is 0 Å². The molecule has 0 saturated heterocycles. The van der Waals surface area contributed by atoms with Crippen LogP contribution in [0.2, 0.25) is 0 Å². The topological polar surface area (TPSA) is 77.8 Å². The highest BCUT2D eigenvalue weighted by atomic mass is 16.3. The first-order chi connectivity index (χ1) is 9.29. The number of ketones is 1. The van der Waals surface area contributed by atoms with Crippen LogP contribution in [0.4, 0.5) is 0 Å². The SMILES string of the molecule is CCC(C)C(=O)c1c(O)cc(O)c(CC=C(C)C)c1O. The molecule has 20 heavy (non-hydrogen) atoms. The molecule has 0 amide bonds. The second kappa shape index (κ2) is 6.46. The number of allylic oxidation sites excluding steroid dienone is 2. The molecule has 0 aliphatic carbocycles. The van der Waals surface area contributed by atoms with Crippen LogP contribution in [0.5, 0.6) is 17.2 Å². The van der Waals surface area contributed by atoms with Crippen molar-refractivity contribution >= 4 is 5.78 Å². The van der Waals surface area contributed by atoms with E-state index in [9.17, 15) is 20.1 Å². The molecular formula is C16H22O4. The maximum Gasteiger partial charge on any atom is 0.173 e. The summed E-state index contributed by atoms with van der Waals surface area (Å²) in [6.45, 7) is 7.41. The minimum absolute atomic E-state index is 0.102. The molecule has 3 N–H and O–H groups in total. The van der Waals surface area contributed by atoms with Crippen molar-refractivity contribution in [3.8, 4) is 17.2 Å². The van der Waals surface area contributed by atoms with Gasteiger partial charge < -0.3 is 15.3 Å². The van der Waals surface area contributed by atoms with Crippen LogP contribution in [0.1, 0.15) is 50.0 Å². The number of benzene rings is 1. The lowest BCUT2D eigenvalue weighted by Gasteiger charge is -2.14. The van der Waals surface area contributed by atoms with Crippen molar-refractivity contribution in [1.29, 1.82) is 0 Å². The predicted molar refractivity (Wildman–Crippen MR) is 78.4 cm³/mol. The Balaban J connectivity index is 3.36. The summed E-state index contributed by atoms with van der Waals surface area (Å²) in [6, 6.07) is 1.11. The zero-order chi connectivity index (χ0) is 15.4. The number of phenols is 3. The molecule has 0 saturated carbocycles. The van der Waals surface area contributed by atoms with Crippen molar-refractivity contribution in [3.05, 3.63) is 28.8 Å². The van der Waals surface area contributed by atoms with Gasteiger partial charge in [0.05, 0.1) is 0 Å². The summed E-state index contributed by atoms with van der Waals surface area (Å²) in [5, 5.41) is 29.9. The van der Waals surface area contributed by atoms with Crippen molar-refractivity contribution in [3.63, 3.8) is 0 Å². The monoisotopic (exact) mass is 278 g/mol. The molecule has 0 bridgehead atoms. The number of Topliss-reactive ketones (excluding diaryl/α,β-unsaturated/α-hetero) is 1. The van der Waals surface area contributed by atoms with Crippen LogP contribution in [-0.2, 0) is 6.42 Å². The maximum absolute atomic E-state index is 12.2. The zero-order valence-corrected chi connectivity index (χ0v) is 12.4. The second-order valence-electron chi connectivity index (χ2n) is 5.28. The third-order valence-electron chi connectivity index (χ3n) is 3.38. The fourth-order valence-electron chi connectivity index (χ4n) is 1.86. The summed E-state index contributed by atoms with van der Waals surface area (Å²) in [5.74, 6) is -1.54. The molecule has 1 unspecified atom stereocenters. The van der Waals surface area contributed by atoms with Gasteiger partial charge in [-0.2, -0.15) is 0 Å². The fourth-order valence-corrected chi connectivity index (χ4v) is 1.86. The van der Waals surface area contributed by atoms with Crippen LogP contribution in [0.15, 0.2) is 17.7 Å². The summed E-state index contributed by atoms with van der Waals surface area (Å²) >= 11 is 0. The molecule has 0 heterocycles.